The lowest BCUT2D eigenvalue weighted by Gasteiger charge is -2.22. The number of aromatic nitrogens is 2. The molecule has 1 amide bonds. The number of hydrogen-bond acceptors (Lipinski definition) is 5. The molecule has 1 saturated heterocycles. The first-order valence-corrected chi connectivity index (χ1v) is 8.53. The highest BCUT2D eigenvalue weighted by Crippen LogP contribution is 2.18. The third-order valence-corrected chi connectivity index (χ3v) is 4.44. The largest absolute Gasteiger partial charge is 0.497 e. The Morgan fingerprint density at radius 3 is 2.92 bits per heavy atom. The maximum Gasteiger partial charge on any atom is 0.271 e. The number of amides is 1. The zero-order chi connectivity index (χ0) is 17.6. The molecule has 1 aliphatic heterocycles. The van der Waals surface area contributed by atoms with E-state index < -0.39 is 6.10 Å². The minimum Gasteiger partial charge on any atom is -0.497 e. The summed E-state index contributed by atoms with van der Waals surface area (Å²) in [4.78, 5) is 12.2. The molecule has 0 bridgehead atoms. The first-order valence-electron chi connectivity index (χ1n) is 8.53. The fourth-order valence-corrected chi connectivity index (χ4v) is 2.95. The molecule has 3 rings (SSSR count). The Balaban J connectivity index is 1.54. The monoisotopic (exact) mass is 344 g/mol. The third kappa shape index (κ3) is 4.37. The summed E-state index contributed by atoms with van der Waals surface area (Å²) in [5.74, 6) is 0.442. The van der Waals surface area contributed by atoms with Crippen LogP contribution < -0.4 is 15.4 Å². The molecule has 7 heteroatoms. The van der Waals surface area contributed by atoms with Crippen molar-refractivity contribution >= 4 is 5.91 Å². The highest BCUT2D eigenvalue weighted by molar-refractivity contribution is 5.92. The van der Waals surface area contributed by atoms with E-state index in [0.29, 0.717) is 11.7 Å². The van der Waals surface area contributed by atoms with E-state index in [-0.39, 0.29) is 12.5 Å². The van der Waals surface area contributed by atoms with E-state index in [9.17, 15) is 9.90 Å². The maximum atomic E-state index is 12.2. The summed E-state index contributed by atoms with van der Waals surface area (Å²) in [5, 5.41) is 20.6. The average molecular weight is 344 g/mol. The van der Waals surface area contributed by atoms with Gasteiger partial charge < -0.3 is 20.5 Å². The van der Waals surface area contributed by atoms with Gasteiger partial charge in [0.05, 0.1) is 19.3 Å². The van der Waals surface area contributed by atoms with Crippen LogP contribution in [0.25, 0.3) is 0 Å². The molecule has 1 aliphatic rings. The molecular formula is C18H24N4O3. The van der Waals surface area contributed by atoms with Gasteiger partial charge in [-0.25, -0.2) is 0 Å². The number of piperidine rings is 1. The number of nitrogens with one attached hydrogen (secondary N) is 2. The zero-order valence-electron chi connectivity index (χ0n) is 14.3. The molecule has 134 valence electrons. The van der Waals surface area contributed by atoms with E-state index in [1.165, 1.54) is 0 Å². The van der Waals surface area contributed by atoms with Gasteiger partial charge in [0.1, 0.15) is 11.4 Å². The smallest absolute Gasteiger partial charge is 0.271 e. The van der Waals surface area contributed by atoms with Crippen LogP contribution in [0.4, 0.5) is 0 Å². The van der Waals surface area contributed by atoms with Crippen LogP contribution in [0.15, 0.2) is 36.5 Å². The number of carbonyl (C=O) groups excluding carboxylic acids is 1. The van der Waals surface area contributed by atoms with E-state index in [2.05, 4.69) is 15.7 Å². The normalized spacial score (nSPS) is 18.6. The minimum absolute atomic E-state index is 0.128. The van der Waals surface area contributed by atoms with E-state index in [0.717, 1.165) is 37.2 Å². The van der Waals surface area contributed by atoms with Gasteiger partial charge in [-0.05, 0) is 43.1 Å². The highest BCUT2D eigenvalue weighted by Gasteiger charge is 2.18. The van der Waals surface area contributed by atoms with Gasteiger partial charge in [0, 0.05) is 19.3 Å². The number of carbonyl (C=O) groups is 1. The van der Waals surface area contributed by atoms with Crippen molar-refractivity contribution in [1.82, 2.24) is 20.4 Å². The number of rotatable bonds is 6. The Morgan fingerprint density at radius 1 is 1.44 bits per heavy atom. The molecule has 2 unspecified atom stereocenters. The van der Waals surface area contributed by atoms with Gasteiger partial charge in [0.25, 0.3) is 5.91 Å². The van der Waals surface area contributed by atoms with Gasteiger partial charge in [-0.1, -0.05) is 12.1 Å². The molecule has 7 nitrogen and oxygen atoms in total. The average Bonchev–Trinajstić information content (AvgIpc) is 3.17. The summed E-state index contributed by atoms with van der Waals surface area (Å²) in [6.07, 6.45) is 3.23. The van der Waals surface area contributed by atoms with E-state index in [1.807, 2.05) is 10.9 Å². The first kappa shape index (κ1) is 17.4. The second-order valence-corrected chi connectivity index (χ2v) is 6.18. The maximum absolute atomic E-state index is 12.2. The van der Waals surface area contributed by atoms with Crippen LogP contribution in [-0.2, 0) is 0 Å². The molecule has 2 heterocycles. The Bertz CT molecular complexity index is 693. The number of methoxy groups -OCH3 is 1. The first-order chi connectivity index (χ1) is 12.2. The summed E-state index contributed by atoms with van der Waals surface area (Å²) in [6, 6.07) is 9.12. The van der Waals surface area contributed by atoms with Gasteiger partial charge in [0.2, 0.25) is 0 Å². The van der Waals surface area contributed by atoms with Crippen molar-refractivity contribution < 1.29 is 14.6 Å². The van der Waals surface area contributed by atoms with Crippen molar-refractivity contribution in [1.29, 1.82) is 0 Å². The summed E-state index contributed by atoms with van der Waals surface area (Å²) >= 11 is 0. The van der Waals surface area contributed by atoms with Crippen molar-refractivity contribution in [2.45, 2.75) is 25.0 Å². The van der Waals surface area contributed by atoms with E-state index >= 15 is 0 Å². The van der Waals surface area contributed by atoms with Gasteiger partial charge >= 0.3 is 0 Å². The number of hydrogen-bond donors (Lipinski definition) is 3. The number of ether oxygens (including phenoxy) is 1. The molecule has 2 atom stereocenters. The predicted molar refractivity (Wildman–Crippen MR) is 93.7 cm³/mol. The number of benzene rings is 1. The van der Waals surface area contributed by atoms with Crippen LogP contribution in [0.3, 0.4) is 0 Å². The fourth-order valence-electron chi connectivity index (χ4n) is 2.95. The van der Waals surface area contributed by atoms with Crippen molar-refractivity contribution in [2.24, 2.45) is 0 Å². The van der Waals surface area contributed by atoms with Crippen LogP contribution >= 0.6 is 0 Å². The molecule has 0 radical (unpaired) electrons. The van der Waals surface area contributed by atoms with Crippen LogP contribution in [0, 0.1) is 0 Å². The van der Waals surface area contributed by atoms with Gasteiger partial charge in [-0.2, -0.15) is 5.10 Å². The molecular weight excluding hydrogens is 320 g/mol. The van der Waals surface area contributed by atoms with Crippen LogP contribution in [0.2, 0.25) is 0 Å². The molecule has 1 aromatic carbocycles. The molecule has 25 heavy (non-hydrogen) atoms. The Hall–Kier alpha value is -2.38. The second-order valence-electron chi connectivity index (χ2n) is 6.18. The lowest BCUT2D eigenvalue weighted by molar-refractivity contribution is 0.0910. The highest BCUT2D eigenvalue weighted by atomic mass is 16.5. The molecule has 0 spiro atoms. The van der Waals surface area contributed by atoms with Gasteiger partial charge in [-0.3, -0.25) is 9.48 Å². The molecule has 1 fully saturated rings. The van der Waals surface area contributed by atoms with Crippen molar-refractivity contribution in [3.63, 3.8) is 0 Å². The van der Waals surface area contributed by atoms with Gasteiger partial charge in [-0.15, -0.1) is 0 Å². The number of aliphatic hydroxyl groups excluding tert-OH is 1. The van der Waals surface area contributed by atoms with E-state index in [1.54, 1.807) is 37.4 Å². The van der Waals surface area contributed by atoms with Crippen molar-refractivity contribution in [3.05, 3.63) is 47.8 Å². The Morgan fingerprint density at radius 2 is 2.24 bits per heavy atom. The molecule has 3 N–H and O–H groups in total. The predicted octanol–water partition coefficient (Wildman–Crippen LogP) is 1.28. The molecule has 0 aliphatic carbocycles. The lowest BCUT2D eigenvalue weighted by Crippen LogP contribution is -2.32. The van der Waals surface area contributed by atoms with Gasteiger partial charge in [0.15, 0.2) is 0 Å². The summed E-state index contributed by atoms with van der Waals surface area (Å²) in [6.45, 7) is 2.04. The van der Waals surface area contributed by atoms with Crippen LogP contribution in [0.1, 0.15) is 41.0 Å². The molecule has 1 aromatic heterocycles. The van der Waals surface area contributed by atoms with Crippen LogP contribution in [0.5, 0.6) is 5.75 Å². The molecule has 2 aromatic rings. The summed E-state index contributed by atoms with van der Waals surface area (Å²) < 4.78 is 6.94. The second kappa shape index (κ2) is 8.13. The topological polar surface area (TPSA) is 88.4 Å². The Kier molecular flexibility index (Phi) is 5.67. The quantitative estimate of drug-likeness (QED) is 0.735. The SMILES string of the molecule is COc1ccc(C(O)CNC(=O)c2ccn(C3CCCNC3)n2)cc1. The standard InChI is InChI=1S/C18H24N4O3/c1-25-15-6-4-13(5-7-15)17(23)12-20-18(24)16-8-10-22(21-16)14-3-2-9-19-11-14/h4-8,10,14,17,19,23H,2-3,9,11-12H2,1H3,(H,20,24). The van der Waals surface area contributed by atoms with Crippen LogP contribution in [-0.4, -0.2) is 47.5 Å². The fraction of sp³-hybridized carbons (Fsp3) is 0.444. The van der Waals surface area contributed by atoms with Crippen molar-refractivity contribution in [2.75, 3.05) is 26.7 Å². The Labute approximate surface area is 147 Å². The summed E-state index contributed by atoms with van der Waals surface area (Å²) in [7, 11) is 1.59. The number of nitrogens with zero attached hydrogens (tertiary/aromatic N) is 2. The summed E-state index contributed by atoms with van der Waals surface area (Å²) in [5.41, 5.74) is 1.09. The lowest BCUT2D eigenvalue weighted by atomic mass is 10.1. The third-order valence-electron chi connectivity index (χ3n) is 4.44. The van der Waals surface area contributed by atoms with Crippen molar-refractivity contribution in [3.8, 4) is 5.75 Å². The van der Waals surface area contributed by atoms with E-state index in [4.69, 9.17) is 4.74 Å². The zero-order valence-corrected chi connectivity index (χ0v) is 14.3. The molecule has 0 saturated carbocycles. The minimum atomic E-state index is -0.778. The number of aliphatic hydroxyl groups is 1.